The van der Waals surface area contributed by atoms with Gasteiger partial charge in [0.05, 0.1) is 23.7 Å². The lowest BCUT2D eigenvalue weighted by Crippen LogP contribution is -2.50. The number of nitrogens with zero attached hydrogens (tertiary/aromatic N) is 3. The monoisotopic (exact) mass is 440 g/mol. The molecule has 0 bridgehead atoms. The van der Waals surface area contributed by atoms with Crippen LogP contribution in [0.25, 0.3) is 5.69 Å². The minimum atomic E-state index is -3.55. The van der Waals surface area contributed by atoms with Crippen molar-refractivity contribution < 1.29 is 17.9 Å². The number of rotatable bonds is 6. The molecule has 0 radical (unpaired) electrons. The van der Waals surface area contributed by atoms with E-state index in [-0.39, 0.29) is 24.7 Å². The molecule has 4 rings (SSSR count). The van der Waals surface area contributed by atoms with Gasteiger partial charge in [0.1, 0.15) is 11.6 Å². The van der Waals surface area contributed by atoms with E-state index in [9.17, 15) is 13.2 Å². The van der Waals surface area contributed by atoms with Crippen molar-refractivity contribution in [1.29, 1.82) is 0 Å². The van der Waals surface area contributed by atoms with Crippen molar-refractivity contribution in [3.05, 3.63) is 72.3 Å². The number of aromatic nitrogens is 2. The zero-order chi connectivity index (χ0) is 22.0. The summed E-state index contributed by atoms with van der Waals surface area (Å²) in [4.78, 5) is 17.2. The fraction of sp³-hybridized carbons (Fsp3) is 0.273. The maximum atomic E-state index is 12.9. The maximum Gasteiger partial charge on any atom is 0.263 e. The first kappa shape index (κ1) is 20.9. The molecule has 1 aromatic heterocycles. The zero-order valence-corrected chi connectivity index (χ0v) is 18.2. The Labute approximate surface area is 181 Å². The molecule has 162 valence electrons. The summed E-state index contributed by atoms with van der Waals surface area (Å²) in [6.45, 7) is 3.69. The highest BCUT2D eigenvalue weighted by Crippen LogP contribution is 2.35. The summed E-state index contributed by atoms with van der Waals surface area (Å²) in [5.41, 5.74) is 2.28. The van der Waals surface area contributed by atoms with Crippen LogP contribution in [0.4, 0.5) is 5.69 Å². The third kappa shape index (κ3) is 4.13. The fourth-order valence-electron chi connectivity index (χ4n) is 3.58. The molecule has 1 amide bonds. The lowest BCUT2D eigenvalue weighted by molar-refractivity contribution is -0.127. The van der Waals surface area contributed by atoms with Crippen LogP contribution in [0.2, 0.25) is 0 Å². The highest BCUT2D eigenvalue weighted by molar-refractivity contribution is 7.92. The minimum absolute atomic E-state index is 0.0622. The number of imidazole rings is 1. The number of hydrogen-bond donors (Lipinski definition) is 1. The third-order valence-electron chi connectivity index (χ3n) is 5.26. The Morgan fingerprint density at radius 1 is 1.16 bits per heavy atom. The van der Waals surface area contributed by atoms with Crippen LogP contribution >= 0.6 is 0 Å². The molecule has 1 atom stereocenters. The van der Waals surface area contributed by atoms with Gasteiger partial charge in [-0.2, -0.15) is 0 Å². The largest absolute Gasteiger partial charge is 0.476 e. The van der Waals surface area contributed by atoms with E-state index in [4.69, 9.17) is 4.74 Å². The van der Waals surface area contributed by atoms with Crippen molar-refractivity contribution in [1.82, 2.24) is 14.9 Å². The van der Waals surface area contributed by atoms with Crippen molar-refractivity contribution >= 4 is 21.6 Å². The number of nitrogens with one attached hydrogen (secondary N) is 1. The molecule has 9 heteroatoms. The highest BCUT2D eigenvalue weighted by atomic mass is 32.2. The lowest BCUT2D eigenvalue weighted by Gasteiger charge is -2.34. The second-order valence-corrected chi connectivity index (χ2v) is 9.38. The Bertz CT molecular complexity index is 1210. The second kappa shape index (κ2) is 8.43. The van der Waals surface area contributed by atoms with E-state index in [0.29, 0.717) is 11.4 Å². The van der Waals surface area contributed by atoms with Crippen molar-refractivity contribution in [2.75, 3.05) is 16.6 Å². The number of carbonyl (C=O) groups excluding carboxylic acids is 1. The normalized spacial score (nSPS) is 15.8. The summed E-state index contributed by atoms with van der Waals surface area (Å²) >= 11 is 0. The number of anilines is 1. The van der Waals surface area contributed by atoms with E-state index in [2.05, 4.69) is 10.3 Å². The van der Waals surface area contributed by atoms with Gasteiger partial charge in [-0.05, 0) is 37.6 Å². The Hall–Kier alpha value is -3.33. The Morgan fingerprint density at radius 3 is 2.58 bits per heavy atom. The van der Waals surface area contributed by atoms with Gasteiger partial charge in [-0.3, -0.25) is 9.10 Å². The quantitative estimate of drug-likeness (QED) is 0.635. The van der Waals surface area contributed by atoms with Gasteiger partial charge in [0.15, 0.2) is 6.10 Å². The Balaban J connectivity index is 1.54. The topological polar surface area (TPSA) is 93.5 Å². The smallest absolute Gasteiger partial charge is 0.263 e. The van der Waals surface area contributed by atoms with Gasteiger partial charge < -0.3 is 14.6 Å². The molecule has 2 aromatic carbocycles. The number of benzene rings is 2. The van der Waals surface area contributed by atoms with Crippen LogP contribution in [0, 0.1) is 6.92 Å². The van der Waals surface area contributed by atoms with Gasteiger partial charge in [0.2, 0.25) is 10.0 Å². The average Bonchev–Trinajstić information content (AvgIpc) is 3.22. The first-order valence-electron chi connectivity index (χ1n) is 10.0. The van der Waals surface area contributed by atoms with E-state index in [1.54, 1.807) is 37.4 Å². The first-order valence-corrected chi connectivity index (χ1v) is 11.6. The molecule has 0 saturated carbocycles. The molecule has 0 spiro atoms. The molecule has 1 N–H and O–H groups in total. The molecular weight excluding hydrogens is 416 g/mol. The van der Waals surface area contributed by atoms with Crippen LogP contribution in [0.5, 0.6) is 5.75 Å². The van der Waals surface area contributed by atoms with Crippen LogP contribution in [-0.4, -0.2) is 42.3 Å². The number of aryl methyl sites for hydroxylation is 1. The van der Waals surface area contributed by atoms with Gasteiger partial charge in [-0.15, -0.1) is 0 Å². The standard InChI is InChI=1S/C22H24N4O4S/c1-3-31(28,29)26-15-21(30-20-11-7-6-10-19(20)26)22(27)24-14-17-8-4-5-9-18(17)25-13-12-23-16(25)2/h4-13,21H,3,14-15H2,1-2H3,(H,24,27)/t21-/m0/s1. The van der Waals surface area contributed by atoms with Gasteiger partial charge in [0, 0.05) is 18.9 Å². The number of carbonyl (C=O) groups is 1. The molecule has 8 nitrogen and oxygen atoms in total. The summed E-state index contributed by atoms with van der Waals surface area (Å²) in [5.74, 6) is 0.780. The van der Waals surface area contributed by atoms with Gasteiger partial charge in [0.25, 0.3) is 5.91 Å². The highest BCUT2D eigenvalue weighted by Gasteiger charge is 2.35. The predicted molar refractivity (Wildman–Crippen MR) is 118 cm³/mol. The summed E-state index contributed by atoms with van der Waals surface area (Å²) in [6, 6.07) is 14.6. The van der Waals surface area contributed by atoms with Crippen LogP contribution < -0.4 is 14.4 Å². The number of fused-ring (bicyclic) bond motifs is 1. The SMILES string of the molecule is CCS(=O)(=O)N1C[C@@H](C(=O)NCc2ccccc2-n2ccnc2C)Oc2ccccc21. The van der Waals surface area contributed by atoms with E-state index >= 15 is 0 Å². The predicted octanol–water partition coefficient (Wildman–Crippen LogP) is 2.41. The second-order valence-electron chi connectivity index (χ2n) is 7.20. The molecule has 1 aliphatic heterocycles. The van der Waals surface area contributed by atoms with Crippen molar-refractivity contribution in [3.8, 4) is 11.4 Å². The third-order valence-corrected chi connectivity index (χ3v) is 7.00. The molecule has 2 heterocycles. The van der Waals surface area contributed by atoms with Crippen LogP contribution in [0.15, 0.2) is 60.9 Å². The number of hydrogen-bond acceptors (Lipinski definition) is 5. The zero-order valence-electron chi connectivity index (χ0n) is 17.4. The average molecular weight is 441 g/mol. The number of para-hydroxylation sites is 3. The summed E-state index contributed by atoms with van der Waals surface area (Å²) in [7, 11) is -3.55. The lowest BCUT2D eigenvalue weighted by atomic mass is 10.1. The van der Waals surface area contributed by atoms with E-state index in [0.717, 1.165) is 17.1 Å². The van der Waals surface area contributed by atoms with Gasteiger partial charge >= 0.3 is 0 Å². The van der Waals surface area contributed by atoms with Crippen molar-refractivity contribution in [2.24, 2.45) is 0 Å². The molecule has 0 unspecified atom stereocenters. The summed E-state index contributed by atoms with van der Waals surface area (Å²) < 4.78 is 34.3. The molecule has 0 fully saturated rings. The molecule has 3 aromatic rings. The maximum absolute atomic E-state index is 12.9. The molecular formula is C22H24N4O4S. The number of sulfonamides is 1. The summed E-state index contributed by atoms with van der Waals surface area (Å²) in [6.07, 6.45) is 2.64. The van der Waals surface area contributed by atoms with Crippen molar-refractivity contribution in [2.45, 2.75) is 26.5 Å². The van der Waals surface area contributed by atoms with E-state index in [1.165, 1.54) is 4.31 Å². The Morgan fingerprint density at radius 2 is 1.87 bits per heavy atom. The van der Waals surface area contributed by atoms with Crippen molar-refractivity contribution in [3.63, 3.8) is 0 Å². The molecule has 0 aliphatic carbocycles. The van der Waals surface area contributed by atoms with Crippen LogP contribution in [0.1, 0.15) is 18.3 Å². The summed E-state index contributed by atoms with van der Waals surface area (Å²) in [5, 5.41) is 2.89. The Kier molecular flexibility index (Phi) is 5.69. The molecule has 1 aliphatic rings. The first-order chi connectivity index (χ1) is 14.9. The van der Waals surface area contributed by atoms with E-state index in [1.807, 2.05) is 42.0 Å². The number of ether oxygens (including phenoxy) is 1. The molecule has 0 saturated heterocycles. The van der Waals surface area contributed by atoms with Crippen LogP contribution in [0.3, 0.4) is 0 Å². The molecule has 31 heavy (non-hydrogen) atoms. The van der Waals surface area contributed by atoms with E-state index < -0.39 is 16.1 Å². The van der Waals surface area contributed by atoms with Gasteiger partial charge in [-0.25, -0.2) is 13.4 Å². The van der Waals surface area contributed by atoms with Gasteiger partial charge in [-0.1, -0.05) is 30.3 Å². The fourth-order valence-corrected chi connectivity index (χ4v) is 4.71. The van der Waals surface area contributed by atoms with Crippen LogP contribution in [-0.2, 0) is 21.4 Å². The number of amides is 1. The minimum Gasteiger partial charge on any atom is -0.476 e.